The van der Waals surface area contributed by atoms with E-state index in [0.29, 0.717) is 144 Å². The molecule has 0 aromatic rings. The molecule has 0 saturated carbocycles. The van der Waals surface area contributed by atoms with Gasteiger partial charge in [0.15, 0.2) is 0 Å². The van der Waals surface area contributed by atoms with Gasteiger partial charge in [0.2, 0.25) is 25.3 Å². The number of amides is 3. The zero-order valence-electron chi connectivity index (χ0n) is 94.6. The monoisotopic (exact) mass is 2060 g/mol. The van der Waals surface area contributed by atoms with E-state index in [1.54, 1.807) is 13.8 Å². The van der Waals surface area contributed by atoms with Crippen LogP contribution in [0.15, 0.2) is 0 Å². The van der Waals surface area contributed by atoms with Gasteiger partial charge in [0.1, 0.15) is 11.9 Å². The standard InChI is InChI=1S/C28H60N4O9P2.C22H42N2O3.C21H43N2O4P.2C17H33NO3/c1-19(2)29-24-11-26(31(13-24)21(5)6)15-37-42(33,34)39-17-28(41-23(9)10)18-40-43(35,36)38-16-27-12-25(30-20(3)4)14-32(27)22(7)8;1-16(2)8-7-9-21(25)13-19-12-20(15-27-18(5)6)24(14-19)22(26)10-11-23-17(3)4;1-9-18-10-21(13-22(18)15(2)3)27-28(8,24)25-14-19-11-20(26-17(6)7)12-23(19)16(4)5;2*1-12(2)7-8-17(19)18-10-16(21-14(5)6)9-15(18)11-20-13(3)4/h19-30H,11-18H2,1-10H3,(H,33,34)(H,35,36);16-20,23H,7-15H2,1-6H3;15-21,24H,8-14H2,1-7H3;2*12-16H,7-11H2,1-6H3/t;;;2*15-,16+/m...00/s1. The van der Waals surface area contributed by atoms with Crippen LogP contribution < -0.4 is 16.0 Å². The molecule has 0 aliphatic carbocycles. The maximum Gasteiger partial charge on any atom is 0.472 e. The molecule has 7 rings (SSSR count). The van der Waals surface area contributed by atoms with Crippen LogP contribution in [0.4, 0.5) is 0 Å². The molecule has 0 bridgehead atoms. The van der Waals surface area contributed by atoms with Crippen LogP contribution in [0.5, 0.6) is 0 Å². The Morgan fingerprint density at radius 1 is 0.364 bits per heavy atom. The van der Waals surface area contributed by atoms with Crippen LogP contribution in [0.2, 0.25) is 0 Å². The number of rotatable bonds is 59. The Morgan fingerprint density at radius 3 is 1.08 bits per heavy atom. The van der Waals surface area contributed by atoms with Crippen LogP contribution in [-0.4, -0.2) is 354 Å². The molecule has 7 aliphatic rings. The van der Waals surface area contributed by atoms with Crippen molar-refractivity contribution in [2.75, 3.05) is 105 Å². The molecule has 35 heteroatoms. The minimum atomic E-state index is -4.43. The van der Waals surface area contributed by atoms with Crippen molar-refractivity contribution in [1.82, 2.24) is 50.2 Å². The summed E-state index contributed by atoms with van der Waals surface area (Å²) in [4.78, 5) is 96.8. The summed E-state index contributed by atoms with van der Waals surface area (Å²) in [5.74, 6) is 3.06. The molecule has 7 saturated heterocycles. The van der Waals surface area contributed by atoms with Crippen molar-refractivity contribution >= 4 is 53.0 Å². The maximum atomic E-state index is 12.8. The minimum Gasteiger partial charge on any atom is -0.377 e. The summed E-state index contributed by atoms with van der Waals surface area (Å²) >= 11 is 0. The van der Waals surface area contributed by atoms with Gasteiger partial charge in [-0.2, -0.15) is 0 Å². The maximum absolute atomic E-state index is 12.8. The first-order valence-corrected chi connectivity index (χ1v) is 59.1. The molecule has 0 aromatic heterocycles. The quantitative estimate of drug-likeness (QED) is 0.0308. The van der Waals surface area contributed by atoms with Gasteiger partial charge >= 0.3 is 15.6 Å². The van der Waals surface area contributed by atoms with Gasteiger partial charge in [-0.1, -0.05) is 96.4 Å². The largest absolute Gasteiger partial charge is 0.472 e. The number of carbonyl (C=O) groups excluding carboxylic acids is 4. The number of hydrogen-bond acceptors (Lipinski definition) is 27. The number of likely N-dealkylation sites (tertiary alicyclic amines) is 7. The van der Waals surface area contributed by atoms with E-state index in [2.05, 4.69) is 201 Å². The Labute approximate surface area is 852 Å². The van der Waals surface area contributed by atoms with E-state index in [0.717, 1.165) is 103 Å². The lowest BCUT2D eigenvalue weighted by atomic mass is 9.96. The van der Waals surface area contributed by atoms with Crippen LogP contribution in [0.25, 0.3) is 0 Å². The van der Waals surface area contributed by atoms with Crippen molar-refractivity contribution in [3.05, 3.63) is 0 Å². The lowest BCUT2D eigenvalue weighted by molar-refractivity contribution is -0.135. The van der Waals surface area contributed by atoms with Crippen LogP contribution in [0.1, 0.15) is 351 Å². The average Bonchev–Trinajstić information content (AvgIpc) is 1.68. The first kappa shape index (κ1) is 132. The predicted molar refractivity (Wildman–Crippen MR) is 567 cm³/mol. The third-order valence-electron chi connectivity index (χ3n) is 26.0. The van der Waals surface area contributed by atoms with E-state index in [1.807, 2.05) is 83.9 Å². The molecule has 828 valence electrons. The van der Waals surface area contributed by atoms with E-state index < -0.39 is 29.3 Å². The summed E-state index contributed by atoms with van der Waals surface area (Å²) in [6, 6.07) is 4.08. The molecule has 6 N–H and O–H groups in total. The number of nitrogens with zero attached hydrogens (tertiary/aromatic N) is 7. The van der Waals surface area contributed by atoms with Crippen molar-refractivity contribution in [2.45, 2.75) is 521 Å². The zero-order valence-corrected chi connectivity index (χ0v) is 97.3. The summed E-state index contributed by atoms with van der Waals surface area (Å²) < 4.78 is 99.5. The smallest absolute Gasteiger partial charge is 0.377 e. The van der Waals surface area contributed by atoms with Crippen molar-refractivity contribution in [3.8, 4) is 0 Å². The first-order valence-electron chi connectivity index (χ1n) is 54.3. The fraction of sp³-hybridized carbons (Fsp3) is 0.952. The Hall–Kier alpha value is -2.08. The number of nitrogens with one attached hydrogen (secondary N) is 3. The molecule has 0 radical (unpaired) electrons. The summed E-state index contributed by atoms with van der Waals surface area (Å²) in [6.07, 6.45) is 18.6. The summed E-state index contributed by atoms with van der Waals surface area (Å²) in [6.45, 7) is 80.7. The highest BCUT2D eigenvalue weighted by atomic mass is 31.2. The van der Waals surface area contributed by atoms with Gasteiger partial charge in [-0.05, 0) is 253 Å². The molecule has 140 heavy (non-hydrogen) atoms. The number of Topliss-reactive ketones (excluding diaryl/α,β-unsaturated/α-hetero) is 1. The van der Waals surface area contributed by atoms with Crippen molar-refractivity contribution in [1.29, 1.82) is 0 Å². The number of carbonyl (C=O) groups is 4. The molecule has 3 amide bonds. The molecular weight excluding hydrogens is 1850 g/mol. The van der Waals surface area contributed by atoms with Gasteiger partial charge < -0.3 is 87.5 Å². The van der Waals surface area contributed by atoms with E-state index in [4.69, 9.17) is 60.3 Å². The number of ether oxygens (including phenoxy) is 7. The van der Waals surface area contributed by atoms with Crippen LogP contribution in [0, 0.1) is 23.7 Å². The molecule has 32 nitrogen and oxygen atoms in total. The Kier molecular flexibility index (Phi) is 63.5. The molecule has 0 spiro atoms. The molecule has 13 unspecified atom stereocenters. The molecule has 7 heterocycles. The second-order valence-corrected chi connectivity index (χ2v) is 50.4. The van der Waals surface area contributed by atoms with Crippen LogP contribution in [0.3, 0.4) is 0 Å². The number of phosphoric acid groups is 2. The van der Waals surface area contributed by atoms with Crippen molar-refractivity contribution in [2.24, 2.45) is 23.7 Å². The van der Waals surface area contributed by atoms with Gasteiger partial charge in [0, 0.05) is 163 Å². The lowest BCUT2D eigenvalue weighted by Crippen LogP contribution is -2.40. The highest BCUT2D eigenvalue weighted by molar-refractivity contribution is 7.58. The molecule has 17 atom stereocenters. The summed E-state index contributed by atoms with van der Waals surface area (Å²) in [5.41, 5.74) is 0. The third kappa shape index (κ3) is 55.1. The fourth-order valence-electron chi connectivity index (χ4n) is 19.6. The van der Waals surface area contributed by atoms with Crippen molar-refractivity contribution in [3.63, 3.8) is 0 Å². The summed E-state index contributed by atoms with van der Waals surface area (Å²) in [5, 5.41) is 10.4. The third-order valence-corrected chi connectivity index (χ3v) is 29.0. The van der Waals surface area contributed by atoms with Gasteiger partial charge in [-0.3, -0.25) is 56.9 Å². The lowest BCUT2D eigenvalue weighted by Gasteiger charge is -2.30. The normalized spacial score (nSPS) is 25.7. The van der Waals surface area contributed by atoms with Gasteiger partial charge in [-0.15, -0.1) is 0 Å². The SMILES string of the molecule is C=P(O)(OCC1CC(OC(C)C)CN1C(C)C)OC1CC(CC)N(C(C)C)C1.CC(C)CCC(=O)N1C[C@H](OC(C)C)C[C@H]1COC(C)C.CC(C)CCC(=O)N1C[C@H](OC(C)C)C[C@H]1COC(C)C.CC(C)CCCC(=O)CC1CC(COC(C)C)N(C(=O)CCNC(C)C)C1.CC(C)NC1CC(COP(=O)(O)OCC(COP(=O)(O)OCC2CC(NC(C)C)CN2C(C)C)OC(C)C)N(C(C)C)C1. The molecule has 0 aromatic carbocycles. The number of hydrogen-bond donors (Lipinski definition) is 6. The molecule has 7 fully saturated rings. The van der Waals surface area contributed by atoms with Crippen LogP contribution in [-0.2, 0) is 88.6 Å². The Bertz CT molecular complexity index is 3380. The second-order valence-electron chi connectivity index (χ2n) is 45.7. The highest BCUT2D eigenvalue weighted by Crippen LogP contribution is 2.49. The minimum absolute atomic E-state index is 0.00927. The van der Waals surface area contributed by atoms with E-state index >= 15 is 0 Å². The van der Waals surface area contributed by atoms with E-state index in [9.17, 15) is 43.0 Å². The van der Waals surface area contributed by atoms with Gasteiger partial charge in [0.25, 0.3) is 0 Å². The summed E-state index contributed by atoms with van der Waals surface area (Å²) in [7, 11) is -11.9. The number of ketones is 1. The van der Waals surface area contributed by atoms with E-state index in [1.165, 1.54) is 0 Å². The number of phosphoric ester groups is 2. The van der Waals surface area contributed by atoms with Gasteiger partial charge in [0.05, 0.1) is 138 Å². The second kappa shape index (κ2) is 67.3. The zero-order chi connectivity index (χ0) is 106. The molecular formula is C105H211N10O22P3. The van der Waals surface area contributed by atoms with Crippen LogP contribution >= 0.6 is 23.2 Å². The Balaban J connectivity index is 0.000000463. The fourth-order valence-corrected chi connectivity index (χ4v) is 22.3. The highest BCUT2D eigenvalue weighted by Gasteiger charge is 2.45. The predicted octanol–water partition coefficient (Wildman–Crippen LogP) is 17.8. The molecule has 7 aliphatic heterocycles. The van der Waals surface area contributed by atoms with Gasteiger partial charge in [-0.25, -0.2) is 9.13 Å². The Morgan fingerprint density at radius 2 is 0.714 bits per heavy atom. The van der Waals surface area contributed by atoms with Crippen molar-refractivity contribution < 1.29 is 103 Å². The van der Waals surface area contributed by atoms with E-state index in [-0.39, 0.29) is 178 Å². The first-order chi connectivity index (χ1) is 65.2. The topological polar surface area (TPSA) is 342 Å². The average molecular weight is 2060 g/mol.